The highest BCUT2D eigenvalue weighted by molar-refractivity contribution is 7.89. The van der Waals surface area contributed by atoms with Crippen molar-refractivity contribution < 1.29 is 13.2 Å². The van der Waals surface area contributed by atoms with E-state index in [-0.39, 0.29) is 5.75 Å². The van der Waals surface area contributed by atoms with Gasteiger partial charge in [-0.3, -0.25) is 0 Å². The van der Waals surface area contributed by atoms with E-state index >= 15 is 0 Å². The monoisotopic (exact) mass is 307 g/mol. The van der Waals surface area contributed by atoms with Gasteiger partial charge in [0.2, 0.25) is 10.0 Å². The fourth-order valence-corrected chi connectivity index (χ4v) is 2.91. The van der Waals surface area contributed by atoms with Crippen LogP contribution >= 0.6 is 0 Å². The second-order valence-corrected chi connectivity index (χ2v) is 7.89. The lowest BCUT2D eigenvalue weighted by atomic mass is 10.1. The minimum Gasteiger partial charge on any atom is -0.379 e. The molecule has 0 aliphatic carbocycles. The molecular weight excluding hydrogens is 274 g/mol. The average molecular weight is 307 g/mol. The van der Waals surface area contributed by atoms with E-state index in [0.29, 0.717) is 18.4 Å². The lowest BCUT2D eigenvalue weighted by Crippen LogP contribution is -2.16. The number of rotatable bonds is 13. The molecule has 0 radical (unpaired) electrons. The van der Waals surface area contributed by atoms with Gasteiger partial charge in [-0.2, -0.15) is 0 Å². The fourth-order valence-electron chi connectivity index (χ4n) is 2.31. The maximum atomic E-state index is 10.7. The summed E-state index contributed by atoms with van der Waals surface area (Å²) in [6, 6.07) is 0. The van der Waals surface area contributed by atoms with Gasteiger partial charge in [0, 0.05) is 6.61 Å². The summed E-state index contributed by atoms with van der Waals surface area (Å²) < 4.78 is 27.2. The third kappa shape index (κ3) is 15.9. The molecule has 0 aromatic carbocycles. The van der Waals surface area contributed by atoms with Gasteiger partial charge < -0.3 is 4.74 Å². The molecule has 0 spiro atoms. The van der Waals surface area contributed by atoms with Crippen LogP contribution in [0.5, 0.6) is 0 Å². The Balaban J connectivity index is 3.21. The smallest absolute Gasteiger partial charge is 0.209 e. The first-order valence-corrected chi connectivity index (χ1v) is 9.65. The molecule has 2 N–H and O–H groups in total. The summed E-state index contributed by atoms with van der Waals surface area (Å²) in [4.78, 5) is 0. The van der Waals surface area contributed by atoms with Crippen LogP contribution in [-0.2, 0) is 14.8 Å². The van der Waals surface area contributed by atoms with Crippen molar-refractivity contribution in [3.05, 3.63) is 0 Å². The second kappa shape index (κ2) is 11.5. The predicted octanol–water partition coefficient (Wildman–Crippen LogP) is 3.46. The van der Waals surface area contributed by atoms with E-state index in [4.69, 9.17) is 9.88 Å². The molecular formula is C15H33NO3S. The highest BCUT2D eigenvalue weighted by Crippen LogP contribution is 2.10. The largest absolute Gasteiger partial charge is 0.379 e. The SMILES string of the molecule is CC(C)CC(C)OCCCCCCCCCS(N)(=O)=O. The molecule has 0 bridgehead atoms. The average Bonchev–Trinajstić information content (AvgIpc) is 2.29. The van der Waals surface area contributed by atoms with Crippen molar-refractivity contribution in [2.75, 3.05) is 12.4 Å². The van der Waals surface area contributed by atoms with Gasteiger partial charge in [0.25, 0.3) is 0 Å². The Morgan fingerprint density at radius 2 is 1.40 bits per heavy atom. The van der Waals surface area contributed by atoms with Crippen molar-refractivity contribution in [2.24, 2.45) is 11.1 Å². The van der Waals surface area contributed by atoms with Gasteiger partial charge in [-0.25, -0.2) is 13.6 Å². The molecule has 0 saturated carbocycles. The first-order valence-electron chi connectivity index (χ1n) is 7.93. The summed E-state index contributed by atoms with van der Waals surface area (Å²) in [7, 11) is -3.26. The van der Waals surface area contributed by atoms with Gasteiger partial charge >= 0.3 is 0 Å². The van der Waals surface area contributed by atoms with E-state index in [2.05, 4.69) is 20.8 Å². The Morgan fingerprint density at radius 1 is 0.900 bits per heavy atom. The van der Waals surface area contributed by atoms with Gasteiger partial charge in [-0.05, 0) is 32.1 Å². The molecule has 0 aromatic rings. The number of hydrogen-bond acceptors (Lipinski definition) is 3. The Labute approximate surface area is 125 Å². The summed E-state index contributed by atoms with van der Waals surface area (Å²) in [5, 5.41) is 4.94. The van der Waals surface area contributed by atoms with E-state index in [1.54, 1.807) is 0 Å². The lowest BCUT2D eigenvalue weighted by Gasteiger charge is -2.14. The minimum absolute atomic E-state index is 0.120. The van der Waals surface area contributed by atoms with Crippen LogP contribution < -0.4 is 5.14 Å². The Morgan fingerprint density at radius 3 is 1.90 bits per heavy atom. The zero-order chi connectivity index (χ0) is 15.4. The van der Waals surface area contributed by atoms with Crippen LogP contribution in [0.25, 0.3) is 0 Å². The molecule has 0 amide bonds. The van der Waals surface area contributed by atoms with E-state index in [1.807, 2.05) is 0 Å². The van der Waals surface area contributed by atoms with Crippen molar-refractivity contribution in [1.82, 2.24) is 0 Å². The first-order chi connectivity index (χ1) is 9.31. The van der Waals surface area contributed by atoms with E-state index in [9.17, 15) is 8.42 Å². The summed E-state index contributed by atoms with van der Waals surface area (Å²) in [6.07, 6.45) is 8.94. The van der Waals surface area contributed by atoms with Crippen LogP contribution in [0.15, 0.2) is 0 Å². The zero-order valence-electron chi connectivity index (χ0n) is 13.4. The van der Waals surface area contributed by atoms with Gasteiger partial charge in [-0.1, -0.05) is 46.0 Å². The van der Waals surface area contributed by atoms with Gasteiger partial charge in [-0.15, -0.1) is 0 Å². The Hall–Kier alpha value is -0.130. The molecule has 0 aliphatic heterocycles. The summed E-state index contributed by atoms with van der Waals surface area (Å²) in [6.45, 7) is 7.44. The standard InChI is InChI=1S/C15H33NO3S/c1-14(2)13-15(3)19-11-9-7-5-4-6-8-10-12-20(16,17)18/h14-15H,4-13H2,1-3H3,(H2,16,17,18). The number of hydrogen-bond donors (Lipinski definition) is 1. The molecule has 0 saturated heterocycles. The number of nitrogens with two attached hydrogens (primary N) is 1. The number of sulfonamides is 1. The third-order valence-corrected chi connectivity index (χ3v) is 4.14. The molecule has 0 fully saturated rings. The highest BCUT2D eigenvalue weighted by Gasteiger charge is 2.04. The summed E-state index contributed by atoms with van der Waals surface area (Å²) in [5.74, 6) is 0.816. The predicted molar refractivity (Wildman–Crippen MR) is 85.2 cm³/mol. The lowest BCUT2D eigenvalue weighted by molar-refractivity contribution is 0.0494. The van der Waals surface area contributed by atoms with Crippen molar-refractivity contribution >= 4 is 10.0 Å². The number of ether oxygens (including phenoxy) is 1. The molecule has 122 valence electrons. The summed E-state index contributed by atoms with van der Waals surface area (Å²) >= 11 is 0. The maximum absolute atomic E-state index is 10.7. The number of unbranched alkanes of at least 4 members (excludes halogenated alkanes) is 6. The zero-order valence-corrected chi connectivity index (χ0v) is 14.3. The maximum Gasteiger partial charge on any atom is 0.209 e. The molecule has 0 heterocycles. The van der Waals surface area contributed by atoms with Crippen LogP contribution in [0.4, 0.5) is 0 Å². The molecule has 4 nitrogen and oxygen atoms in total. The van der Waals surface area contributed by atoms with Crippen LogP contribution in [0.2, 0.25) is 0 Å². The molecule has 0 aromatic heterocycles. The topological polar surface area (TPSA) is 69.4 Å². The fraction of sp³-hybridized carbons (Fsp3) is 1.00. The molecule has 1 unspecified atom stereocenters. The van der Waals surface area contributed by atoms with Crippen LogP contribution in [-0.4, -0.2) is 26.9 Å². The van der Waals surface area contributed by atoms with Gasteiger partial charge in [0.1, 0.15) is 0 Å². The van der Waals surface area contributed by atoms with Crippen molar-refractivity contribution in [1.29, 1.82) is 0 Å². The molecule has 0 aliphatic rings. The molecule has 5 heteroatoms. The number of primary sulfonamides is 1. The molecule has 0 rings (SSSR count). The first kappa shape index (κ1) is 19.9. The highest BCUT2D eigenvalue weighted by atomic mass is 32.2. The summed E-state index contributed by atoms with van der Waals surface area (Å²) in [5.41, 5.74) is 0. The van der Waals surface area contributed by atoms with Crippen LogP contribution in [0, 0.1) is 5.92 Å². The second-order valence-electron chi connectivity index (χ2n) is 6.15. The Bertz CT molecular complexity index is 315. The normalized spacial score (nSPS) is 13.8. The molecule has 20 heavy (non-hydrogen) atoms. The van der Waals surface area contributed by atoms with Crippen molar-refractivity contribution in [2.45, 2.75) is 78.2 Å². The van der Waals surface area contributed by atoms with Crippen LogP contribution in [0.3, 0.4) is 0 Å². The van der Waals surface area contributed by atoms with E-state index in [0.717, 1.165) is 32.3 Å². The van der Waals surface area contributed by atoms with Crippen molar-refractivity contribution in [3.63, 3.8) is 0 Å². The van der Waals surface area contributed by atoms with Crippen molar-refractivity contribution in [3.8, 4) is 0 Å². The Kier molecular flexibility index (Phi) is 11.4. The van der Waals surface area contributed by atoms with Gasteiger partial charge in [0.05, 0.1) is 11.9 Å². The quantitative estimate of drug-likeness (QED) is 0.530. The van der Waals surface area contributed by atoms with E-state index < -0.39 is 10.0 Å². The van der Waals surface area contributed by atoms with E-state index in [1.165, 1.54) is 19.3 Å². The third-order valence-electron chi connectivity index (χ3n) is 3.28. The van der Waals surface area contributed by atoms with Gasteiger partial charge in [0.15, 0.2) is 0 Å². The van der Waals surface area contributed by atoms with Crippen LogP contribution in [0.1, 0.15) is 72.1 Å². The molecule has 1 atom stereocenters. The minimum atomic E-state index is -3.26.